The van der Waals surface area contributed by atoms with Gasteiger partial charge in [-0.2, -0.15) is 0 Å². The van der Waals surface area contributed by atoms with Crippen LogP contribution in [0.2, 0.25) is 0 Å². The molecule has 146 valence electrons. The average Bonchev–Trinajstić information content (AvgIpc) is 2.52. The Morgan fingerprint density at radius 3 is 2.46 bits per heavy atom. The molecule has 3 heterocycles. The lowest BCUT2D eigenvalue weighted by Gasteiger charge is -2.49. The number of Topliss-reactive ketones (excluding diaryl/α,β-unsaturated/α-hetero) is 2. The van der Waals surface area contributed by atoms with Gasteiger partial charge in [0.25, 0.3) is 0 Å². The van der Waals surface area contributed by atoms with Crippen LogP contribution in [0.5, 0.6) is 0 Å². The third-order valence-electron chi connectivity index (χ3n) is 4.98. The maximum atomic E-state index is 13.0. The summed E-state index contributed by atoms with van der Waals surface area (Å²) in [6.45, 7) is 10.2. The fourth-order valence-corrected chi connectivity index (χ4v) is 3.57. The van der Waals surface area contributed by atoms with Gasteiger partial charge in [-0.1, -0.05) is 26.0 Å². The van der Waals surface area contributed by atoms with E-state index in [1.165, 1.54) is 4.90 Å². The topological polar surface area (TPSA) is 87.7 Å². The van der Waals surface area contributed by atoms with Crippen molar-refractivity contribution in [3.63, 3.8) is 0 Å². The Kier molecular flexibility index (Phi) is 6.24. The summed E-state index contributed by atoms with van der Waals surface area (Å²) in [5.41, 5.74) is -1.62. The van der Waals surface area contributed by atoms with E-state index in [0.717, 1.165) is 0 Å². The molecule has 3 aliphatic heterocycles. The zero-order valence-electron chi connectivity index (χ0n) is 16.4. The van der Waals surface area contributed by atoms with E-state index in [9.17, 15) is 14.4 Å². The highest BCUT2D eigenvalue weighted by atomic mass is 16.6. The molecule has 0 aliphatic carbocycles. The van der Waals surface area contributed by atoms with Crippen LogP contribution in [-0.2, 0) is 14.3 Å². The zero-order chi connectivity index (χ0) is 19.5. The Balaban J connectivity index is 2.25. The van der Waals surface area contributed by atoms with E-state index in [4.69, 9.17) is 4.74 Å². The number of carbonyl (C=O) groups is 3. The van der Waals surface area contributed by atoms with Crippen LogP contribution in [-0.4, -0.2) is 65.9 Å². The van der Waals surface area contributed by atoms with Crippen LogP contribution in [0.4, 0.5) is 4.79 Å². The van der Waals surface area contributed by atoms with Crippen molar-refractivity contribution in [3.05, 3.63) is 12.2 Å². The number of amides is 1. The number of nitrogens with zero attached hydrogens (tertiary/aromatic N) is 1. The van der Waals surface area contributed by atoms with Crippen molar-refractivity contribution in [2.24, 2.45) is 5.92 Å². The lowest BCUT2D eigenvalue weighted by molar-refractivity contribution is -0.135. The van der Waals surface area contributed by atoms with Crippen LogP contribution in [0.1, 0.15) is 41.0 Å². The molecule has 7 nitrogen and oxygen atoms in total. The number of ketones is 2. The molecule has 3 rings (SSSR count). The van der Waals surface area contributed by atoms with Gasteiger partial charge in [-0.15, -0.1) is 0 Å². The minimum atomic E-state index is -0.872. The van der Waals surface area contributed by atoms with Gasteiger partial charge in [0, 0.05) is 12.0 Å². The van der Waals surface area contributed by atoms with Crippen LogP contribution in [0.3, 0.4) is 0 Å². The molecule has 0 aromatic carbocycles. The molecule has 1 saturated heterocycles. The van der Waals surface area contributed by atoms with Crippen molar-refractivity contribution in [1.82, 2.24) is 15.5 Å². The number of nitrogens with one attached hydrogen (secondary N) is 2. The van der Waals surface area contributed by atoms with E-state index in [-0.39, 0.29) is 49.8 Å². The quantitative estimate of drug-likeness (QED) is 0.730. The van der Waals surface area contributed by atoms with Gasteiger partial charge in [0.05, 0.1) is 25.2 Å². The van der Waals surface area contributed by atoms with Gasteiger partial charge in [-0.25, -0.2) is 4.79 Å². The summed E-state index contributed by atoms with van der Waals surface area (Å²) in [6, 6.07) is 0.135. The summed E-state index contributed by atoms with van der Waals surface area (Å²) in [5.74, 6) is -0.175. The Morgan fingerprint density at radius 2 is 1.88 bits per heavy atom. The van der Waals surface area contributed by atoms with Crippen LogP contribution < -0.4 is 10.6 Å². The summed E-state index contributed by atoms with van der Waals surface area (Å²) < 4.78 is 5.22. The Labute approximate surface area is 155 Å². The molecule has 0 aromatic heterocycles. The highest BCUT2D eigenvalue weighted by Gasteiger charge is 2.52. The SMILES string of the molecule is CC(C)NC1(C)C/C=C\COC(=O)N2CC(C(=O)C(C)C)(C2)NCC1=O. The molecule has 1 amide bonds. The lowest BCUT2D eigenvalue weighted by Crippen LogP contribution is -2.75. The fraction of sp³-hybridized carbons (Fsp3) is 0.737. The van der Waals surface area contributed by atoms with E-state index >= 15 is 0 Å². The summed E-state index contributed by atoms with van der Waals surface area (Å²) >= 11 is 0. The number of hydrogen-bond acceptors (Lipinski definition) is 6. The van der Waals surface area contributed by atoms with E-state index < -0.39 is 17.2 Å². The maximum Gasteiger partial charge on any atom is 0.410 e. The largest absolute Gasteiger partial charge is 0.445 e. The summed E-state index contributed by atoms with van der Waals surface area (Å²) in [4.78, 5) is 39.2. The average molecular weight is 365 g/mol. The Morgan fingerprint density at radius 1 is 1.23 bits per heavy atom. The van der Waals surface area contributed by atoms with Crippen LogP contribution in [0.15, 0.2) is 12.2 Å². The van der Waals surface area contributed by atoms with E-state index in [2.05, 4.69) is 10.6 Å². The first kappa shape index (κ1) is 20.6. The lowest BCUT2D eigenvalue weighted by atomic mass is 9.80. The molecule has 1 atom stereocenters. The monoisotopic (exact) mass is 365 g/mol. The second-order valence-corrected chi connectivity index (χ2v) is 8.12. The van der Waals surface area contributed by atoms with Crippen molar-refractivity contribution < 1.29 is 19.1 Å². The summed E-state index contributed by atoms with van der Waals surface area (Å²) in [6.07, 6.45) is 3.66. The van der Waals surface area contributed by atoms with Gasteiger partial charge in [0.1, 0.15) is 12.1 Å². The first-order valence-corrected chi connectivity index (χ1v) is 9.27. The molecule has 3 aliphatic rings. The maximum absolute atomic E-state index is 13.0. The van der Waals surface area contributed by atoms with Crippen molar-refractivity contribution in [2.45, 2.75) is 58.2 Å². The smallest absolute Gasteiger partial charge is 0.410 e. The highest BCUT2D eigenvalue weighted by Crippen LogP contribution is 2.27. The van der Waals surface area contributed by atoms with E-state index in [0.29, 0.717) is 6.42 Å². The molecule has 0 aromatic rings. The highest BCUT2D eigenvalue weighted by molar-refractivity contribution is 5.95. The number of ether oxygens (including phenoxy) is 1. The van der Waals surface area contributed by atoms with E-state index in [1.54, 1.807) is 6.08 Å². The van der Waals surface area contributed by atoms with Crippen molar-refractivity contribution in [3.8, 4) is 0 Å². The van der Waals surface area contributed by atoms with Crippen molar-refractivity contribution in [1.29, 1.82) is 0 Å². The van der Waals surface area contributed by atoms with Gasteiger partial charge in [-0.05, 0) is 27.2 Å². The zero-order valence-corrected chi connectivity index (χ0v) is 16.4. The molecular formula is C19H31N3O4. The van der Waals surface area contributed by atoms with Crippen LogP contribution >= 0.6 is 0 Å². The number of rotatable bonds is 4. The minimum absolute atomic E-state index is 0.00303. The molecule has 1 unspecified atom stereocenters. The van der Waals surface area contributed by atoms with Gasteiger partial charge in [0.15, 0.2) is 11.6 Å². The van der Waals surface area contributed by atoms with Gasteiger partial charge in [0.2, 0.25) is 0 Å². The van der Waals surface area contributed by atoms with Crippen molar-refractivity contribution in [2.75, 3.05) is 26.2 Å². The molecule has 0 spiro atoms. The second kappa shape index (κ2) is 7.88. The molecule has 7 heteroatoms. The molecule has 0 radical (unpaired) electrons. The Bertz CT molecular complexity index is 594. The normalized spacial score (nSPS) is 31.6. The summed E-state index contributed by atoms with van der Waals surface area (Å²) in [7, 11) is 0. The van der Waals surface area contributed by atoms with Crippen molar-refractivity contribution >= 4 is 17.7 Å². The summed E-state index contributed by atoms with van der Waals surface area (Å²) in [5, 5.41) is 6.50. The van der Waals surface area contributed by atoms with Gasteiger partial charge >= 0.3 is 6.09 Å². The fourth-order valence-electron chi connectivity index (χ4n) is 3.57. The first-order valence-electron chi connectivity index (χ1n) is 9.27. The third kappa shape index (κ3) is 4.32. The molecule has 2 N–H and O–H groups in total. The number of fused-ring (bicyclic) bond motifs is 8. The standard InChI is InChI=1S/C19H31N3O4/c1-13(2)16(24)19-11-22(12-19)17(25)26-9-7-6-8-18(5,21-14(3)4)15(23)10-20-19/h6-7,13-14,20-21H,8-12H2,1-5H3/b7-6-. The first-order chi connectivity index (χ1) is 12.1. The molecular weight excluding hydrogens is 334 g/mol. The molecule has 1 fully saturated rings. The van der Waals surface area contributed by atoms with Gasteiger partial charge < -0.3 is 15.0 Å². The number of hydrogen-bond donors (Lipinski definition) is 2. The minimum Gasteiger partial charge on any atom is -0.445 e. The van der Waals surface area contributed by atoms with Crippen LogP contribution in [0.25, 0.3) is 0 Å². The molecule has 26 heavy (non-hydrogen) atoms. The van der Waals surface area contributed by atoms with Gasteiger partial charge in [-0.3, -0.25) is 14.9 Å². The third-order valence-corrected chi connectivity index (χ3v) is 4.98. The second-order valence-electron chi connectivity index (χ2n) is 8.12. The van der Waals surface area contributed by atoms with E-state index in [1.807, 2.05) is 40.7 Å². The molecule has 2 bridgehead atoms. The Hall–Kier alpha value is -1.73. The predicted octanol–water partition coefficient (Wildman–Crippen LogP) is 1.28. The number of carbonyl (C=O) groups excluding carboxylic acids is 3. The molecule has 0 saturated carbocycles. The predicted molar refractivity (Wildman–Crippen MR) is 98.9 cm³/mol. The van der Waals surface area contributed by atoms with Crippen LogP contribution in [0, 0.1) is 5.92 Å².